The number of ether oxygens (including phenoxy) is 1. The van der Waals surface area contributed by atoms with E-state index < -0.39 is 0 Å². The molecular formula is C27H29N3O4. The summed E-state index contributed by atoms with van der Waals surface area (Å²) in [4.78, 5) is 17.4. The first-order valence-electron chi connectivity index (χ1n) is 11.2. The van der Waals surface area contributed by atoms with Crippen LogP contribution in [0.3, 0.4) is 0 Å². The smallest absolute Gasteiger partial charge is 0.254 e. The predicted octanol–water partition coefficient (Wildman–Crippen LogP) is 5.63. The van der Waals surface area contributed by atoms with E-state index in [9.17, 15) is 4.79 Å². The minimum absolute atomic E-state index is 0.127. The highest BCUT2D eigenvalue weighted by Crippen LogP contribution is 2.33. The number of aromatic nitrogens is 1. The van der Waals surface area contributed by atoms with E-state index in [2.05, 4.69) is 19.0 Å². The lowest BCUT2D eigenvalue weighted by molar-refractivity contribution is 0.0718. The third-order valence-electron chi connectivity index (χ3n) is 5.81. The van der Waals surface area contributed by atoms with Crippen LogP contribution in [0.1, 0.15) is 35.5 Å². The van der Waals surface area contributed by atoms with E-state index in [1.165, 1.54) is 0 Å². The lowest BCUT2D eigenvalue weighted by atomic mass is 10.1. The summed E-state index contributed by atoms with van der Waals surface area (Å²) in [7, 11) is 3.56. The summed E-state index contributed by atoms with van der Waals surface area (Å²) in [6.45, 7) is 4.77. The van der Waals surface area contributed by atoms with Crippen LogP contribution in [-0.2, 0) is 13.1 Å². The van der Waals surface area contributed by atoms with Crippen molar-refractivity contribution in [2.24, 2.45) is 0 Å². The molecule has 2 heterocycles. The molecule has 0 saturated carbocycles. The number of anilines is 1. The first-order valence-corrected chi connectivity index (χ1v) is 11.2. The van der Waals surface area contributed by atoms with Crippen LogP contribution in [0, 0.1) is 0 Å². The van der Waals surface area contributed by atoms with E-state index in [1.807, 2.05) is 54.4 Å². The summed E-state index contributed by atoms with van der Waals surface area (Å²) in [6, 6.07) is 20.8. The second kappa shape index (κ2) is 10.3. The van der Waals surface area contributed by atoms with Gasteiger partial charge in [-0.1, -0.05) is 35.5 Å². The highest BCUT2D eigenvalue weighted by Gasteiger charge is 2.27. The van der Waals surface area contributed by atoms with Crippen molar-refractivity contribution in [2.75, 3.05) is 19.1 Å². The lowest BCUT2D eigenvalue weighted by Gasteiger charge is -2.25. The van der Waals surface area contributed by atoms with Crippen LogP contribution in [0.15, 0.2) is 81.9 Å². The molecule has 7 nitrogen and oxygen atoms in total. The summed E-state index contributed by atoms with van der Waals surface area (Å²) in [5.74, 6) is 1.90. The molecule has 2 aromatic heterocycles. The Morgan fingerprint density at radius 1 is 1.00 bits per heavy atom. The Bertz CT molecular complexity index is 1200. The van der Waals surface area contributed by atoms with Gasteiger partial charge in [0, 0.05) is 24.2 Å². The van der Waals surface area contributed by atoms with Crippen LogP contribution in [0.2, 0.25) is 0 Å². The van der Waals surface area contributed by atoms with Gasteiger partial charge in [0.25, 0.3) is 5.91 Å². The van der Waals surface area contributed by atoms with Gasteiger partial charge in [-0.2, -0.15) is 0 Å². The Kier molecular flexibility index (Phi) is 7.01. The van der Waals surface area contributed by atoms with Crippen molar-refractivity contribution in [3.63, 3.8) is 0 Å². The second-order valence-electron chi connectivity index (χ2n) is 8.35. The van der Waals surface area contributed by atoms with Crippen LogP contribution in [0.4, 0.5) is 5.88 Å². The molecule has 0 N–H and O–H groups in total. The van der Waals surface area contributed by atoms with E-state index in [0.717, 1.165) is 16.8 Å². The number of rotatable bonds is 9. The van der Waals surface area contributed by atoms with Crippen LogP contribution < -0.4 is 9.64 Å². The molecule has 0 radical (unpaired) electrons. The van der Waals surface area contributed by atoms with Gasteiger partial charge in [0.05, 0.1) is 32.0 Å². The van der Waals surface area contributed by atoms with E-state index >= 15 is 0 Å². The van der Waals surface area contributed by atoms with Gasteiger partial charge in [-0.3, -0.25) is 4.79 Å². The molecule has 0 saturated heterocycles. The van der Waals surface area contributed by atoms with E-state index in [0.29, 0.717) is 36.0 Å². The molecule has 2 aromatic carbocycles. The molecule has 1 amide bonds. The molecular weight excluding hydrogens is 430 g/mol. The molecule has 0 aliphatic heterocycles. The fourth-order valence-electron chi connectivity index (χ4n) is 3.67. The molecule has 0 unspecified atom stereocenters. The number of carbonyl (C=O) groups excluding carboxylic acids is 1. The van der Waals surface area contributed by atoms with Crippen LogP contribution in [0.5, 0.6) is 5.75 Å². The molecule has 0 bridgehead atoms. The average Bonchev–Trinajstić information content (AvgIpc) is 3.53. The maximum Gasteiger partial charge on any atom is 0.254 e. The second-order valence-corrected chi connectivity index (χ2v) is 8.35. The van der Waals surface area contributed by atoms with Gasteiger partial charge in [0.2, 0.25) is 5.88 Å². The van der Waals surface area contributed by atoms with Gasteiger partial charge in [0.15, 0.2) is 0 Å². The fraction of sp³-hybridized carbons (Fsp3) is 0.259. The number of amides is 1. The van der Waals surface area contributed by atoms with Crippen molar-refractivity contribution < 1.29 is 18.5 Å². The maximum atomic E-state index is 13.6. The number of nitrogens with zero attached hydrogens (tertiary/aromatic N) is 3. The average molecular weight is 460 g/mol. The van der Waals surface area contributed by atoms with Crippen molar-refractivity contribution in [2.45, 2.75) is 33.0 Å². The molecule has 7 heteroatoms. The highest BCUT2D eigenvalue weighted by atomic mass is 16.5. The van der Waals surface area contributed by atoms with Gasteiger partial charge in [-0.25, -0.2) is 0 Å². The van der Waals surface area contributed by atoms with Crippen LogP contribution >= 0.6 is 0 Å². The van der Waals surface area contributed by atoms with Crippen LogP contribution in [-0.4, -0.2) is 36.2 Å². The molecule has 4 aromatic rings. The van der Waals surface area contributed by atoms with Crippen molar-refractivity contribution >= 4 is 11.8 Å². The number of carbonyl (C=O) groups is 1. The number of hydrogen-bond donors (Lipinski definition) is 0. The first-order chi connectivity index (χ1) is 16.5. The fourth-order valence-corrected chi connectivity index (χ4v) is 3.67. The summed E-state index contributed by atoms with van der Waals surface area (Å²) in [5, 5.41) is 4.40. The molecule has 0 spiro atoms. The Morgan fingerprint density at radius 3 is 2.35 bits per heavy atom. The standard InChI is InChI=1S/C27H29N3O4/c1-19(2)29(3)27-24(25(28-34-27)20-9-6-5-7-10-20)18-30(17-23-11-8-16-33-23)26(31)21-12-14-22(32-4)15-13-21/h5-16,19H,17-18H2,1-4H3. The van der Waals surface area contributed by atoms with E-state index in [-0.39, 0.29) is 11.9 Å². The Hall–Kier alpha value is -4.00. The SMILES string of the molecule is COc1ccc(C(=O)N(Cc2ccco2)Cc2c(-c3ccccc3)noc2N(C)C(C)C)cc1. The number of furan rings is 1. The molecule has 4 rings (SSSR count). The maximum absolute atomic E-state index is 13.6. The van der Waals surface area contributed by atoms with Crippen LogP contribution in [0.25, 0.3) is 11.3 Å². The van der Waals surface area contributed by atoms with E-state index in [1.54, 1.807) is 42.5 Å². The molecule has 0 atom stereocenters. The van der Waals surface area contributed by atoms with Crippen molar-refractivity contribution in [1.82, 2.24) is 10.1 Å². The minimum Gasteiger partial charge on any atom is -0.497 e. The number of hydrogen-bond acceptors (Lipinski definition) is 6. The predicted molar refractivity (Wildman–Crippen MR) is 131 cm³/mol. The Balaban J connectivity index is 1.75. The monoisotopic (exact) mass is 459 g/mol. The third-order valence-corrected chi connectivity index (χ3v) is 5.81. The minimum atomic E-state index is -0.127. The molecule has 0 fully saturated rings. The third kappa shape index (κ3) is 4.98. The quantitative estimate of drug-likeness (QED) is 0.323. The van der Waals surface area contributed by atoms with Gasteiger partial charge >= 0.3 is 0 Å². The zero-order valence-electron chi connectivity index (χ0n) is 19.9. The molecule has 176 valence electrons. The van der Waals surface area contributed by atoms with Gasteiger partial charge in [-0.15, -0.1) is 0 Å². The normalized spacial score (nSPS) is 11.0. The van der Waals surface area contributed by atoms with E-state index in [4.69, 9.17) is 13.7 Å². The summed E-state index contributed by atoms with van der Waals surface area (Å²) in [5.41, 5.74) is 3.05. The van der Waals surface area contributed by atoms with Crippen molar-refractivity contribution in [1.29, 1.82) is 0 Å². The molecule has 0 aliphatic rings. The topological polar surface area (TPSA) is 72.0 Å². The number of methoxy groups -OCH3 is 1. The first kappa shape index (κ1) is 23.2. The molecule has 34 heavy (non-hydrogen) atoms. The Labute approximate surface area is 199 Å². The Morgan fingerprint density at radius 2 is 1.74 bits per heavy atom. The van der Waals surface area contributed by atoms with Gasteiger partial charge < -0.3 is 23.5 Å². The number of benzene rings is 2. The summed E-state index contributed by atoms with van der Waals surface area (Å²) in [6.07, 6.45) is 1.61. The van der Waals surface area contributed by atoms with Gasteiger partial charge in [0.1, 0.15) is 17.2 Å². The lowest BCUT2D eigenvalue weighted by Crippen LogP contribution is -2.32. The molecule has 0 aliphatic carbocycles. The van der Waals surface area contributed by atoms with Crippen molar-refractivity contribution in [3.05, 3.63) is 89.9 Å². The van der Waals surface area contributed by atoms with Gasteiger partial charge in [-0.05, 0) is 50.2 Å². The van der Waals surface area contributed by atoms with Crippen molar-refractivity contribution in [3.8, 4) is 17.0 Å². The largest absolute Gasteiger partial charge is 0.497 e. The summed E-state index contributed by atoms with van der Waals surface area (Å²) < 4.78 is 16.6. The highest BCUT2D eigenvalue weighted by molar-refractivity contribution is 5.94. The zero-order valence-corrected chi connectivity index (χ0v) is 19.9. The zero-order chi connectivity index (χ0) is 24.1. The summed E-state index contributed by atoms with van der Waals surface area (Å²) >= 11 is 0.